The first kappa shape index (κ1) is 17.5. The molecule has 4 rings (SSSR count). The average molecular weight is 374 g/mol. The van der Waals surface area contributed by atoms with Crippen molar-refractivity contribution in [1.29, 1.82) is 0 Å². The predicted octanol–water partition coefficient (Wildman–Crippen LogP) is 0.543. The number of hydrogen-bond donors (Lipinski definition) is 3. The number of guanidine groups is 1. The standard InChI is InChI=1S/C21H21N6O/c1-26-19(15-27-11-3-2-6-20(26)27)17-9-7-16(8-10-17)13-24-25-21(22)23-14-18-5-4-12-28-18/h2-13,15H,14H2,1H3,(H3,22,23,25)/q+1/p+1/b24-13-. The van der Waals surface area contributed by atoms with E-state index in [2.05, 4.69) is 55.9 Å². The maximum atomic E-state index is 5.84. The van der Waals surface area contributed by atoms with Crippen LogP contribution >= 0.6 is 0 Å². The molecule has 140 valence electrons. The lowest BCUT2D eigenvalue weighted by molar-refractivity contribution is -0.510. The Morgan fingerprint density at radius 1 is 1.21 bits per heavy atom. The van der Waals surface area contributed by atoms with E-state index in [-0.39, 0.29) is 0 Å². The van der Waals surface area contributed by atoms with Crippen LogP contribution in [0.3, 0.4) is 0 Å². The van der Waals surface area contributed by atoms with Crippen LogP contribution in [0.15, 0.2) is 82.8 Å². The molecule has 1 aromatic carbocycles. The van der Waals surface area contributed by atoms with Gasteiger partial charge in [-0.05, 0) is 35.9 Å². The molecule has 0 spiro atoms. The fourth-order valence-electron chi connectivity index (χ4n) is 3.00. The third-order valence-corrected chi connectivity index (χ3v) is 4.47. The van der Waals surface area contributed by atoms with Gasteiger partial charge in [-0.1, -0.05) is 18.2 Å². The molecule has 0 fully saturated rings. The molecule has 3 heterocycles. The highest BCUT2D eigenvalue weighted by Crippen LogP contribution is 2.19. The van der Waals surface area contributed by atoms with Crippen molar-refractivity contribution in [2.24, 2.45) is 17.9 Å². The molecule has 28 heavy (non-hydrogen) atoms. The fourth-order valence-corrected chi connectivity index (χ4v) is 3.00. The largest absolute Gasteiger partial charge is 0.466 e. The summed E-state index contributed by atoms with van der Waals surface area (Å²) in [5.74, 6) is 1.16. The highest BCUT2D eigenvalue weighted by atomic mass is 16.3. The molecule has 0 saturated heterocycles. The highest BCUT2D eigenvalue weighted by molar-refractivity contribution is 5.82. The van der Waals surface area contributed by atoms with Gasteiger partial charge in [-0.25, -0.2) is 8.97 Å². The number of nitrogens with one attached hydrogen (secondary N) is 2. The number of furan rings is 1. The van der Waals surface area contributed by atoms with Gasteiger partial charge in [0.1, 0.15) is 18.5 Å². The van der Waals surface area contributed by atoms with E-state index < -0.39 is 0 Å². The highest BCUT2D eigenvalue weighted by Gasteiger charge is 2.14. The van der Waals surface area contributed by atoms with E-state index in [1.807, 2.05) is 42.6 Å². The zero-order chi connectivity index (χ0) is 19.3. The maximum absolute atomic E-state index is 5.84. The van der Waals surface area contributed by atoms with Crippen LogP contribution < -0.4 is 20.6 Å². The number of pyridine rings is 1. The molecule has 0 aliphatic heterocycles. The first-order valence-corrected chi connectivity index (χ1v) is 8.94. The second kappa shape index (κ2) is 7.79. The van der Waals surface area contributed by atoms with E-state index in [1.54, 1.807) is 12.5 Å². The summed E-state index contributed by atoms with van der Waals surface area (Å²) in [6.07, 6.45) is 7.52. The molecule has 0 saturated carbocycles. The van der Waals surface area contributed by atoms with Crippen molar-refractivity contribution in [2.75, 3.05) is 0 Å². The minimum absolute atomic E-state index is 0.358. The van der Waals surface area contributed by atoms with Crippen molar-refractivity contribution >= 4 is 17.8 Å². The number of hydrogen-bond acceptors (Lipinski definition) is 2. The van der Waals surface area contributed by atoms with E-state index >= 15 is 0 Å². The van der Waals surface area contributed by atoms with Crippen LogP contribution in [-0.4, -0.2) is 16.7 Å². The molecule has 0 bridgehead atoms. The Balaban J connectivity index is 1.42. The number of nitrogens with two attached hydrogens (primary N) is 1. The number of hydrazone groups is 1. The van der Waals surface area contributed by atoms with Crippen LogP contribution in [0.2, 0.25) is 0 Å². The van der Waals surface area contributed by atoms with E-state index in [9.17, 15) is 0 Å². The molecular weight excluding hydrogens is 352 g/mol. The van der Waals surface area contributed by atoms with Crippen molar-refractivity contribution in [2.45, 2.75) is 6.54 Å². The molecule has 4 N–H and O–H groups in total. The zero-order valence-electron chi connectivity index (χ0n) is 15.5. The summed E-state index contributed by atoms with van der Waals surface area (Å²) in [4.78, 5) is 2.99. The van der Waals surface area contributed by atoms with E-state index in [1.165, 1.54) is 0 Å². The monoisotopic (exact) mass is 374 g/mol. The molecule has 0 atom stereocenters. The molecule has 7 heteroatoms. The van der Waals surface area contributed by atoms with Crippen molar-refractivity contribution in [3.8, 4) is 11.3 Å². The topological polar surface area (TPSA) is 86.5 Å². The maximum Gasteiger partial charge on any atom is 0.365 e. The third kappa shape index (κ3) is 3.78. The van der Waals surface area contributed by atoms with Gasteiger partial charge in [0.2, 0.25) is 0 Å². The van der Waals surface area contributed by atoms with Gasteiger partial charge in [0, 0.05) is 11.6 Å². The van der Waals surface area contributed by atoms with Crippen molar-refractivity contribution in [1.82, 2.24) is 9.99 Å². The Hall–Kier alpha value is -3.87. The van der Waals surface area contributed by atoms with Crippen LogP contribution in [0.5, 0.6) is 0 Å². The summed E-state index contributed by atoms with van der Waals surface area (Å²) >= 11 is 0. The third-order valence-electron chi connectivity index (χ3n) is 4.47. The molecule has 0 unspecified atom stereocenters. The Morgan fingerprint density at radius 2 is 2.07 bits per heavy atom. The first-order valence-electron chi connectivity index (χ1n) is 8.94. The summed E-state index contributed by atoms with van der Waals surface area (Å²) in [6, 6.07) is 18.1. The number of aryl methyl sites for hydroxylation is 1. The lowest BCUT2D eigenvalue weighted by Crippen LogP contribution is -2.76. The van der Waals surface area contributed by atoms with Crippen LogP contribution in [0.1, 0.15) is 11.3 Å². The Kier molecular flexibility index (Phi) is 4.88. The number of aromatic nitrogens is 2. The lowest BCUT2D eigenvalue weighted by Gasteiger charge is -1.98. The average Bonchev–Trinajstić information content (AvgIpc) is 3.35. The Morgan fingerprint density at radius 3 is 2.82 bits per heavy atom. The smallest absolute Gasteiger partial charge is 0.365 e. The fraction of sp³-hybridized carbons (Fsp3) is 0.0952. The molecular formula is C21H22N6O+2. The number of fused-ring (bicyclic) bond motifs is 1. The summed E-state index contributed by atoms with van der Waals surface area (Å²) in [6.45, 7) is 0.499. The van der Waals surface area contributed by atoms with Crippen molar-refractivity contribution < 1.29 is 13.8 Å². The Labute approximate surface area is 162 Å². The quantitative estimate of drug-likeness (QED) is 0.206. The van der Waals surface area contributed by atoms with Gasteiger partial charge in [-0.3, -0.25) is 10.7 Å². The lowest BCUT2D eigenvalue weighted by atomic mass is 10.1. The number of rotatable bonds is 5. The van der Waals surface area contributed by atoms with Crippen LogP contribution in [0, 0.1) is 0 Å². The molecule has 4 aromatic rings. The van der Waals surface area contributed by atoms with Crippen LogP contribution in [0.25, 0.3) is 16.9 Å². The predicted molar refractivity (Wildman–Crippen MR) is 107 cm³/mol. The summed E-state index contributed by atoms with van der Waals surface area (Å²) in [5, 5.41) is 4.16. The van der Waals surface area contributed by atoms with E-state index in [4.69, 9.17) is 10.2 Å². The molecule has 0 amide bonds. The minimum Gasteiger partial charge on any atom is -0.466 e. The number of benzene rings is 1. The van der Waals surface area contributed by atoms with Crippen LogP contribution in [0.4, 0.5) is 0 Å². The second-order valence-corrected chi connectivity index (χ2v) is 6.38. The molecule has 3 aromatic heterocycles. The van der Waals surface area contributed by atoms with Crippen molar-refractivity contribution in [3.63, 3.8) is 0 Å². The van der Waals surface area contributed by atoms with Gasteiger partial charge in [-0.15, -0.1) is 5.10 Å². The van der Waals surface area contributed by atoms with E-state index in [0.717, 1.165) is 28.2 Å². The summed E-state index contributed by atoms with van der Waals surface area (Å²) < 4.78 is 9.52. The molecule has 7 nitrogen and oxygen atoms in total. The van der Waals surface area contributed by atoms with Crippen LogP contribution in [-0.2, 0) is 13.6 Å². The molecule has 0 aliphatic rings. The first-order chi connectivity index (χ1) is 13.7. The molecule has 0 radical (unpaired) electrons. The van der Waals surface area contributed by atoms with Gasteiger partial charge < -0.3 is 4.42 Å². The second-order valence-electron chi connectivity index (χ2n) is 6.38. The van der Waals surface area contributed by atoms with Gasteiger partial charge in [0.25, 0.3) is 5.65 Å². The van der Waals surface area contributed by atoms with Gasteiger partial charge in [-0.2, -0.15) is 5.43 Å². The van der Waals surface area contributed by atoms with E-state index in [0.29, 0.717) is 12.5 Å². The van der Waals surface area contributed by atoms with Gasteiger partial charge in [0.15, 0.2) is 5.69 Å². The normalized spacial score (nSPS) is 12.1. The molecule has 0 aliphatic carbocycles. The summed E-state index contributed by atoms with van der Waals surface area (Å²) in [7, 11) is 2.07. The van der Waals surface area contributed by atoms with Gasteiger partial charge in [0.05, 0.1) is 25.7 Å². The number of nitrogens with zero attached hydrogens (tertiary/aromatic N) is 3. The SMILES string of the molecule is Cn1c(-c2ccc(/C=N\NC(N)=[NH+]Cc3ccco3)cc2)c[n+]2ccccc12. The zero-order valence-corrected chi connectivity index (χ0v) is 15.5. The number of imidazole rings is 1. The summed E-state index contributed by atoms with van der Waals surface area (Å²) in [5.41, 5.74) is 13.0. The van der Waals surface area contributed by atoms with Gasteiger partial charge >= 0.3 is 5.96 Å². The Bertz CT molecular complexity index is 1120. The van der Waals surface area contributed by atoms with Crippen molar-refractivity contribution in [3.05, 3.63) is 84.6 Å². The minimum atomic E-state index is 0.358.